The lowest BCUT2D eigenvalue weighted by Crippen LogP contribution is -2.25. The molecule has 0 radical (unpaired) electrons. The zero-order valence-electron chi connectivity index (χ0n) is 12.2. The van der Waals surface area contributed by atoms with E-state index in [9.17, 15) is 4.79 Å². The lowest BCUT2D eigenvalue weighted by Gasteiger charge is -2.14. The van der Waals surface area contributed by atoms with E-state index in [2.05, 4.69) is 27.5 Å². The summed E-state index contributed by atoms with van der Waals surface area (Å²) in [5.74, 6) is 0.480. The monoisotopic (exact) mass is 349 g/mol. The zero-order chi connectivity index (χ0) is 15.0. The lowest BCUT2D eigenvalue weighted by atomic mass is 10.2. The van der Waals surface area contributed by atoms with Crippen LogP contribution in [-0.4, -0.2) is 9.36 Å². The van der Waals surface area contributed by atoms with Crippen molar-refractivity contribution in [3.8, 4) is 0 Å². The highest BCUT2D eigenvalue weighted by Gasteiger charge is 2.32. The molecule has 0 unspecified atom stereocenters. The molecule has 0 atom stereocenters. The van der Waals surface area contributed by atoms with Crippen molar-refractivity contribution >= 4 is 21.6 Å². The van der Waals surface area contributed by atoms with Crippen LogP contribution in [0.3, 0.4) is 0 Å². The van der Waals surface area contributed by atoms with E-state index in [0.29, 0.717) is 18.2 Å². The Balaban J connectivity index is 2.04. The topological polar surface area (TPSA) is 52.9 Å². The van der Waals surface area contributed by atoms with E-state index in [-0.39, 0.29) is 5.56 Å². The lowest BCUT2D eigenvalue weighted by molar-refractivity contribution is 0.450. The van der Waals surface area contributed by atoms with E-state index in [1.165, 1.54) is 0 Å². The average Bonchev–Trinajstić information content (AvgIpc) is 3.25. The van der Waals surface area contributed by atoms with Gasteiger partial charge in [-0.05, 0) is 37.0 Å². The summed E-state index contributed by atoms with van der Waals surface area (Å²) in [6.07, 6.45) is 3.29. The van der Waals surface area contributed by atoms with E-state index in [1.54, 1.807) is 4.68 Å². The number of hydrogen-bond acceptors (Lipinski definition) is 2. The Hall–Kier alpha value is -1.49. The summed E-state index contributed by atoms with van der Waals surface area (Å²) in [5, 5.41) is 0. The fourth-order valence-corrected chi connectivity index (χ4v) is 3.28. The van der Waals surface area contributed by atoms with Gasteiger partial charge in [0, 0.05) is 16.9 Å². The number of rotatable bonds is 5. The summed E-state index contributed by atoms with van der Waals surface area (Å²) in [4.78, 5) is 12.5. The summed E-state index contributed by atoms with van der Waals surface area (Å²) >= 11 is 3.48. The molecule has 21 heavy (non-hydrogen) atoms. The number of halogens is 1. The molecule has 1 fully saturated rings. The maximum atomic E-state index is 12.5. The van der Waals surface area contributed by atoms with Gasteiger partial charge in [-0.25, -0.2) is 4.68 Å². The molecule has 0 spiro atoms. The summed E-state index contributed by atoms with van der Waals surface area (Å²) in [5.41, 5.74) is 8.64. The molecule has 0 saturated heterocycles. The molecular weight excluding hydrogens is 330 g/mol. The van der Waals surface area contributed by atoms with Gasteiger partial charge in [0.1, 0.15) is 5.69 Å². The van der Waals surface area contributed by atoms with E-state index in [0.717, 1.165) is 41.5 Å². The zero-order valence-corrected chi connectivity index (χ0v) is 13.8. The van der Waals surface area contributed by atoms with Crippen molar-refractivity contribution in [2.24, 2.45) is 0 Å². The van der Waals surface area contributed by atoms with Crippen molar-refractivity contribution in [2.75, 3.05) is 5.73 Å². The number of hydrogen-bond donors (Lipinski definition) is 1. The minimum absolute atomic E-state index is 0.0506. The van der Waals surface area contributed by atoms with Gasteiger partial charge in [-0.2, -0.15) is 0 Å². The summed E-state index contributed by atoms with van der Waals surface area (Å²) in [6, 6.07) is 8.06. The van der Waals surface area contributed by atoms with Crippen molar-refractivity contribution in [1.82, 2.24) is 9.36 Å². The Labute approximate surface area is 132 Å². The first-order valence-electron chi connectivity index (χ1n) is 7.45. The SMILES string of the molecule is CCCn1c(C2CC2)c(N)c(=O)n1Cc1cccc(Br)c1. The highest BCUT2D eigenvalue weighted by Crippen LogP contribution is 2.42. The van der Waals surface area contributed by atoms with Crippen molar-refractivity contribution in [3.05, 3.63) is 50.3 Å². The standard InChI is InChI=1S/C16H20BrN3O/c1-2-8-19-15(12-6-7-12)14(18)16(21)20(19)10-11-4-3-5-13(17)9-11/h3-5,9,12H,2,6-8,10,18H2,1H3. The molecule has 2 N–H and O–H groups in total. The summed E-state index contributed by atoms with van der Waals surface area (Å²) in [7, 11) is 0. The Morgan fingerprint density at radius 1 is 1.33 bits per heavy atom. The van der Waals surface area contributed by atoms with E-state index in [4.69, 9.17) is 5.73 Å². The molecule has 3 rings (SSSR count). The molecule has 4 nitrogen and oxygen atoms in total. The third-order valence-electron chi connectivity index (χ3n) is 3.93. The van der Waals surface area contributed by atoms with Crippen molar-refractivity contribution in [2.45, 2.75) is 45.2 Å². The number of anilines is 1. The molecule has 1 saturated carbocycles. The number of aromatic nitrogens is 2. The van der Waals surface area contributed by atoms with Crippen LogP contribution in [0.1, 0.15) is 43.4 Å². The van der Waals surface area contributed by atoms with Crippen LogP contribution >= 0.6 is 15.9 Å². The van der Waals surface area contributed by atoms with Crippen LogP contribution in [0.15, 0.2) is 33.5 Å². The maximum absolute atomic E-state index is 12.5. The van der Waals surface area contributed by atoms with Crippen molar-refractivity contribution < 1.29 is 0 Å². The second-order valence-corrected chi connectivity index (χ2v) is 6.60. The first-order chi connectivity index (χ1) is 10.1. The molecule has 1 aromatic heterocycles. The third kappa shape index (κ3) is 2.79. The average molecular weight is 350 g/mol. The molecule has 0 amide bonds. The van der Waals surface area contributed by atoms with Gasteiger partial charge in [-0.15, -0.1) is 0 Å². The predicted molar refractivity (Wildman–Crippen MR) is 88.6 cm³/mol. The number of nitrogens with two attached hydrogens (primary N) is 1. The quantitative estimate of drug-likeness (QED) is 0.899. The largest absolute Gasteiger partial charge is 0.393 e. The second kappa shape index (κ2) is 5.72. The van der Waals surface area contributed by atoms with Crippen LogP contribution in [0.25, 0.3) is 0 Å². The molecule has 0 aliphatic heterocycles. The minimum atomic E-state index is -0.0506. The van der Waals surface area contributed by atoms with Crippen LogP contribution in [-0.2, 0) is 13.1 Å². The number of nitrogen functional groups attached to an aromatic ring is 1. The highest BCUT2D eigenvalue weighted by molar-refractivity contribution is 9.10. The second-order valence-electron chi connectivity index (χ2n) is 5.69. The first-order valence-corrected chi connectivity index (χ1v) is 8.24. The smallest absolute Gasteiger partial charge is 0.290 e. The van der Waals surface area contributed by atoms with Gasteiger partial charge >= 0.3 is 0 Å². The van der Waals surface area contributed by atoms with Crippen LogP contribution in [0.4, 0.5) is 5.69 Å². The van der Waals surface area contributed by atoms with Crippen LogP contribution in [0, 0.1) is 0 Å². The molecule has 1 heterocycles. The van der Waals surface area contributed by atoms with Gasteiger partial charge in [0.2, 0.25) is 0 Å². The van der Waals surface area contributed by atoms with Gasteiger partial charge in [0.25, 0.3) is 5.56 Å². The summed E-state index contributed by atoms with van der Waals surface area (Å²) < 4.78 is 4.93. The Morgan fingerprint density at radius 3 is 2.71 bits per heavy atom. The Bertz CT molecular complexity index is 713. The van der Waals surface area contributed by atoms with E-state index in [1.807, 2.05) is 24.3 Å². The Morgan fingerprint density at radius 2 is 2.10 bits per heavy atom. The van der Waals surface area contributed by atoms with Gasteiger partial charge in [-0.1, -0.05) is 35.0 Å². The van der Waals surface area contributed by atoms with Crippen molar-refractivity contribution in [1.29, 1.82) is 0 Å². The van der Waals surface area contributed by atoms with Crippen LogP contribution in [0.5, 0.6) is 0 Å². The summed E-state index contributed by atoms with van der Waals surface area (Å²) in [6.45, 7) is 3.53. The number of benzene rings is 1. The fraction of sp³-hybridized carbons (Fsp3) is 0.438. The third-order valence-corrected chi connectivity index (χ3v) is 4.42. The molecule has 1 aliphatic rings. The molecule has 1 aliphatic carbocycles. The van der Waals surface area contributed by atoms with Crippen molar-refractivity contribution in [3.63, 3.8) is 0 Å². The Kier molecular flexibility index (Phi) is 3.93. The minimum Gasteiger partial charge on any atom is -0.393 e. The molecule has 1 aromatic carbocycles. The van der Waals surface area contributed by atoms with Gasteiger partial charge in [-0.3, -0.25) is 9.48 Å². The maximum Gasteiger partial charge on any atom is 0.290 e. The normalized spacial score (nSPS) is 14.6. The molecule has 2 aromatic rings. The fourth-order valence-electron chi connectivity index (χ4n) is 2.83. The number of nitrogens with zero attached hydrogens (tertiary/aromatic N) is 2. The van der Waals surface area contributed by atoms with Gasteiger partial charge in [0.05, 0.1) is 12.2 Å². The molecule has 112 valence electrons. The predicted octanol–water partition coefficient (Wildman–Crippen LogP) is 3.33. The molecule has 0 bridgehead atoms. The molecule has 5 heteroatoms. The van der Waals surface area contributed by atoms with Crippen LogP contribution in [0.2, 0.25) is 0 Å². The first kappa shape index (κ1) is 14.4. The van der Waals surface area contributed by atoms with Crippen LogP contribution < -0.4 is 11.3 Å². The highest BCUT2D eigenvalue weighted by atomic mass is 79.9. The van der Waals surface area contributed by atoms with E-state index < -0.39 is 0 Å². The van der Waals surface area contributed by atoms with E-state index >= 15 is 0 Å². The van der Waals surface area contributed by atoms with Gasteiger partial charge < -0.3 is 5.73 Å². The molecular formula is C16H20BrN3O. The van der Waals surface area contributed by atoms with Gasteiger partial charge in [0.15, 0.2) is 0 Å².